The number of benzene rings is 1. The summed E-state index contributed by atoms with van der Waals surface area (Å²) in [7, 11) is 1.38. The quantitative estimate of drug-likeness (QED) is 0.574. The van der Waals surface area contributed by atoms with Crippen molar-refractivity contribution in [3.63, 3.8) is 0 Å². The van der Waals surface area contributed by atoms with Gasteiger partial charge in [-0.1, -0.05) is 0 Å². The number of ketones is 1. The number of methoxy groups -OCH3 is 1. The van der Waals surface area contributed by atoms with E-state index in [2.05, 4.69) is 0 Å². The normalized spacial score (nSPS) is 10.0. The highest BCUT2D eigenvalue weighted by atomic mass is 35.5. The molecule has 0 aliphatic carbocycles. The Balaban J connectivity index is 3.27. The van der Waals surface area contributed by atoms with E-state index in [9.17, 15) is 9.18 Å². The van der Waals surface area contributed by atoms with Gasteiger partial charge in [0.25, 0.3) is 0 Å². The third-order valence-electron chi connectivity index (χ3n) is 1.90. The minimum absolute atomic E-state index is 0.137. The first-order chi connectivity index (χ1) is 6.60. The van der Waals surface area contributed by atoms with E-state index < -0.39 is 5.82 Å². The molecular weight excluding hydrogens is 207 g/mol. The minimum Gasteiger partial charge on any atom is -0.496 e. The van der Waals surface area contributed by atoms with Crippen LogP contribution in [0.2, 0.25) is 0 Å². The van der Waals surface area contributed by atoms with E-state index in [0.717, 1.165) is 0 Å². The molecule has 1 aromatic carbocycles. The average Bonchev–Trinajstić information content (AvgIpc) is 2.20. The summed E-state index contributed by atoms with van der Waals surface area (Å²) in [6.07, 6.45) is 0. The summed E-state index contributed by atoms with van der Waals surface area (Å²) in [5.74, 6) is -0.583. The van der Waals surface area contributed by atoms with Gasteiger partial charge in [0.2, 0.25) is 0 Å². The van der Waals surface area contributed by atoms with Crippen molar-refractivity contribution < 1.29 is 13.9 Å². The molecule has 0 unspecified atom stereocenters. The van der Waals surface area contributed by atoms with E-state index in [4.69, 9.17) is 16.3 Å². The number of carbonyl (C=O) groups excluding carboxylic acids is 1. The van der Waals surface area contributed by atoms with Crippen LogP contribution in [0.25, 0.3) is 0 Å². The molecule has 0 aliphatic rings. The second-order valence-electron chi connectivity index (χ2n) is 2.86. The number of hydrogen-bond donors (Lipinski definition) is 0. The molecule has 14 heavy (non-hydrogen) atoms. The Hall–Kier alpha value is -1.09. The molecule has 76 valence electrons. The fourth-order valence-corrected chi connectivity index (χ4v) is 1.27. The fraction of sp³-hybridized carbons (Fsp3) is 0.300. The van der Waals surface area contributed by atoms with Crippen LogP contribution >= 0.6 is 11.6 Å². The Kier molecular flexibility index (Phi) is 3.47. The maximum absolute atomic E-state index is 13.1. The number of Topliss-reactive ketones (excluding diaryl/α,β-unsaturated/α-hetero) is 1. The van der Waals surface area contributed by atoms with Crippen LogP contribution in [0, 0.1) is 12.7 Å². The van der Waals surface area contributed by atoms with Gasteiger partial charge in [-0.3, -0.25) is 4.79 Å². The average molecular weight is 217 g/mol. The van der Waals surface area contributed by atoms with Crippen LogP contribution in [0.15, 0.2) is 12.1 Å². The zero-order chi connectivity index (χ0) is 10.7. The van der Waals surface area contributed by atoms with E-state index in [1.807, 2.05) is 0 Å². The molecular formula is C10H10ClFO2. The summed E-state index contributed by atoms with van der Waals surface area (Å²) in [6, 6.07) is 2.63. The summed E-state index contributed by atoms with van der Waals surface area (Å²) < 4.78 is 18.0. The number of alkyl halides is 1. The lowest BCUT2D eigenvalue weighted by atomic mass is 10.1. The molecule has 0 amide bonds. The molecule has 0 bridgehead atoms. The lowest BCUT2D eigenvalue weighted by Crippen LogP contribution is -2.04. The molecule has 1 rings (SSSR count). The van der Waals surface area contributed by atoms with Gasteiger partial charge in [0, 0.05) is 6.07 Å². The monoisotopic (exact) mass is 216 g/mol. The molecule has 0 aromatic heterocycles. The summed E-state index contributed by atoms with van der Waals surface area (Å²) in [5, 5.41) is 0. The van der Waals surface area contributed by atoms with Crippen LogP contribution in [0.3, 0.4) is 0 Å². The first kappa shape index (κ1) is 11.0. The molecule has 1 aromatic rings. The number of halogens is 2. The number of rotatable bonds is 3. The predicted octanol–water partition coefficient (Wildman–Crippen LogP) is 2.56. The molecule has 0 atom stereocenters. The van der Waals surface area contributed by atoms with E-state index in [-0.39, 0.29) is 17.4 Å². The van der Waals surface area contributed by atoms with Gasteiger partial charge >= 0.3 is 0 Å². The van der Waals surface area contributed by atoms with Gasteiger partial charge in [0.15, 0.2) is 5.78 Å². The highest BCUT2D eigenvalue weighted by Gasteiger charge is 2.13. The summed E-state index contributed by atoms with van der Waals surface area (Å²) in [6.45, 7) is 1.58. The van der Waals surface area contributed by atoms with Crippen LogP contribution in [-0.2, 0) is 0 Å². The number of aryl methyl sites for hydroxylation is 1. The Bertz CT molecular complexity index is 363. The van der Waals surface area contributed by atoms with Crippen LogP contribution in [0.1, 0.15) is 15.9 Å². The zero-order valence-corrected chi connectivity index (χ0v) is 8.69. The van der Waals surface area contributed by atoms with Gasteiger partial charge in [-0.25, -0.2) is 4.39 Å². The van der Waals surface area contributed by atoms with Crippen molar-refractivity contribution in [3.05, 3.63) is 29.1 Å². The standard InChI is InChI=1S/C10H10ClFO2/c1-6-3-7(9(13)5-11)10(14-2)4-8(6)12/h3-4H,5H2,1-2H3. The Labute approximate surface area is 86.6 Å². The maximum atomic E-state index is 13.1. The second-order valence-corrected chi connectivity index (χ2v) is 3.13. The van der Waals surface area contributed by atoms with E-state index >= 15 is 0 Å². The van der Waals surface area contributed by atoms with Crippen LogP contribution in [-0.4, -0.2) is 18.8 Å². The zero-order valence-electron chi connectivity index (χ0n) is 7.93. The third-order valence-corrected chi connectivity index (χ3v) is 2.15. The lowest BCUT2D eigenvalue weighted by molar-refractivity contribution is 0.101. The molecule has 0 heterocycles. The molecule has 0 spiro atoms. The molecule has 4 heteroatoms. The highest BCUT2D eigenvalue weighted by molar-refractivity contribution is 6.30. The van der Waals surface area contributed by atoms with Gasteiger partial charge in [-0.15, -0.1) is 11.6 Å². The van der Waals surface area contributed by atoms with E-state index in [1.54, 1.807) is 6.92 Å². The SMILES string of the molecule is COc1cc(F)c(C)cc1C(=O)CCl. The second kappa shape index (κ2) is 4.42. The van der Waals surface area contributed by atoms with Crippen molar-refractivity contribution in [1.29, 1.82) is 0 Å². The molecule has 0 saturated heterocycles. The summed E-state index contributed by atoms with van der Waals surface area (Å²) in [4.78, 5) is 11.3. The molecule has 2 nitrogen and oxygen atoms in total. The predicted molar refractivity (Wildman–Crippen MR) is 52.7 cm³/mol. The molecule has 0 saturated carbocycles. The van der Waals surface area contributed by atoms with Gasteiger partial charge in [-0.2, -0.15) is 0 Å². The van der Waals surface area contributed by atoms with Crippen molar-refractivity contribution in [2.45, 2.75) is 6.92 Å². The van der Waals surface area contributed by atoms with Crippen molar-refractivity contribution in [1.82, 2.24) is 0 Å². The topological polar surface area (TPSA) is 26.3 Å². The van der Waals surface area contributed by atoms with E-state index in [0.29, 0.717) is 11.1 Å². The first-order valence-electron chi connectivity index (χ1n) is 4.03. The molecule has 0 N–H and O–H groups in total. The van der Waals surface area contributed by atoms with E-state index in [1.165, 1.54) is 19.2 Å². The lowest BCUT2D eigenvalue weighted by Gasteiger charge is -2.07. The largest absolute Gasteiger partial charge is 0.496 e. The smallest absolute Gasteiger partial charge is 0.181 e. The minimum atomic E-state index is -0.395. The molecule has 0 radical (unpaired) electrons. The fourth-order valence-electron chi connectivity index (χ4n) is 1.12. The Morgan fingerprint density at radius 2 is 2.21 bits per heavy atom. The van der Waals surface area contributed by atoms with Crippen LogP contribution in [0.5, 0.6) is 5.75 Å². The van der Waals surface area contributed by atoms with Gasteiger partial charge in [0.1, 0.15) is 11.6 Å². The molecule has 0 fully saturated rings. The Morgan fingerprint density at radius 1 is 1.57 bits per heavy atom. The summed E-state index contributed by atoms with van der Waals surface area (Å²) >= 11 is 5.41. The van der Waals surface area contributed by atoms with Gasteiger partial charge in [0.05, 0.1) is 18.6 Å². The summed E-state index contributed by atoms with van der Waals surface area (Å²) in [5.41, 5.74) is 0.723. The molecule has 0 aliphatic heterocycles. The third kappa shape index (κ3) is 2.04. The van der Waals surface area contributed by atoms with Crippen molar-refractivity contribution in [3.8, 4) is 5.75 Å². The number of hydrogen-bond acceptors (Lipinski definition) is 2. The van der Waals surface area contributed by atoms with Crippen molar-refractivity contribution >= 4 is 17.4 Å². The van der Waals surface area contributed by atoms with Crippen molar-refractivity contribution in [2.75, 3.05) is 13.0 Å². The number of carbonyl (C=O) groups is 1. The Morgan fingerprint density at radius 3 is 2.71 bits per heavy atom. The van der Waals surface area contributed by atoms with Crippen LogP contribution in [0.4, 0.5) is 4.39 Å². The number of ether oxygens (including phenoxy) is 1. The van der Waals surface area contributed by atoms with Crippen LogP contribution < -0.4 is 4.74 Å². The van der Waals surface area contributed by atoms with Crippen molar-refractivity contribution in [2.24, 2.45) is 0 Å². The van der Waals surface area contributed by atoms with Gasteiger partial charge in [-0.05, 0) is 18.6 Å². The first-order valence-corrected chi connectivity index (χ1v) is 4.57. The maximum Gasteiger partial charge on any atom is 0.181 e. The highest BCUT2D eigenvalue weighted by Crippen LogP contribution is 2.23. The van der Waals surface area contributed by atoms with Gasteiger partial charge < -0.3 is 4.74 Å².